The van der Waals surface area contributed by atoms with Crippen molar-refractivity contribution in [3.63, 3.8) is 0 Å². The number of nitrogens with zero attached hydrogens (tertiary/aromatic N) is 2. The van der Waals surface area contributed by atoms with Crippen LogP contribution in [0.1, 0.15) is 17.2 Å². The lowest BCUT2D eigenvalue weighted by atomic mass is 9.99. The van der Waals surface area contributed by atoms with E-state index in [2.05, 4.69) is 10.3 Å². The first-order chi connectivity index (χ1) is 14.5. The average Bonchev–Trinajstić information content (AvgIpc) is 2.77. The molecule has 0 aliphatic carbocycles. The van der Waals surface area contributed by atoms with Crippen molar-refractivity contribution >= 4 is 29.5 Å². The number of carboxylic acids is 1. The molecule has 1 aromatic heterocycles. The fourth-order valence-corrected chi connectivity index (χ4v) is 4.97. The molecule has 154 valence electrons. The van der Waals surface area contributed by atoms with E-state index in [-0.39, 0.29) is 5.70 Å². The van der Waals surface area contributed by atoms with Gasteiger partial charge in [0.05, 0.1) is 0 Å². The second-order valence-electron chi connectivity index (χ2n) is 7.08. The Morgan fingerprint density at radius 3 is 2.70 bits per heavy atom. The maximum absolute atomic E-state index is 12.8. The predicted molar refractivity (Wildman–Crippen MR) is 111 cm³/mol. The molecule has 2 aliphatic heterocycles. The number of nitrogens with one attached hydrogen (secondary N) is 1. The Labute approximate surface area is 177 Å². The Morgan fingerprint density at radius 2 is 2.03 bits per heavy atom. The topological polar surface area (TPSA) is 126 Å². The van der Waals surface area contributed by atoms with Crippen molar-refractivity contribution in [3.05, 3.63) is 77.3 Å². The molecule has 9 heteroatoms. The molecule has 1 saturated heterocycles. The second-order valence-corrected chi connectivity index (χ2v) is 8.18. The van der Waals surface area contributed by atoms with Gasteiger partial charge >= 0.3 is 5.97 Å². The first kappa shape index (κ1) is 20.1. The largest absolute Gasteiger partial charge is 0.477 e. The highest BCUT2D eigenvalue weighted by Gasteiger charge is 2.54. The predicted octanol–water partition coefficient (Wildman–Crippen LogP) is 1.06. The van der Waals surface area contributed by atoms with Gasteiger partial charge in [-0.3, -0.25) is 19.5 Å². The van der Waals surface area contributed by atoms with Gasteiger partial charge in [-0.05, 0) is 29.2 Å². The van der Waals surface area contributed by atoms with Crippen LogP contribution in [0.4, 0.5) is 0 Å². The van der Waals surface area contributed by atoms with Crippen molar-refractivity contribution in [3.8, 4) is 0 Å². The standard InChI is InChI=1S/C21H20N4O4S/c22-15(13-6-2-1-3-7-13)18(26)24-16-19(27)25-17(21(28)29)14(11-30-20(16)25)9-12-5-4-8-23-10-12/h1-8,10,15-16,20H,9,11,22H2,(H,24,26)(H,28,29)/t15-,16-,20-/m1/s1. The van der Waals surface area contributed by atoms with E-state index in [0.29, 0.717) is 23.3 Å². The fraction of sp³-hybridized carbons (Fsp3) is 0.238. The molecule has 30 heavy (non-hydrogen) atoms. The minimum Gasteiger partial charge on any atom is -0.477 e. The smallest absolute Gasteiger partial charge is 0.352 e. The summed E-state index contributed by atoms with van der Waals surface area (Å²) in [6, 6.07) is 10.8. The van der Waals surface area contributed by atoms with Crippen molar-refractivity contribution in [2.75, 3.05) is 5.75 Å². The van der Waals surface area contributed by atoms with E-state index < -0.39 is 35.2 Å². The molecule has 0 unspecified atom stereocenters. The quantitative estimate of drug-likeness (QED) is 0.592. The van der Waals surface area contributed by atoms with Crippen LogP contribution in [0.15, 0.2) is 66.1 Å². The Kier molecular flexibility index (Phi) is 5.56. The zero-order valence-corrected chi connectivity index (χ0v) is 16.7. The van der Waals surface area contributed by atoms with Crippen molar-refractivity contribution in [2.45, 2.75) is 23.9 Å². The van der Waals surface area contributed by atoms with Crippen LogP contribution in [0.25, 0.3) is 0 Å². The van der Waals surface area contributed by atoms with E-state index in [0.717, 1.165) is 5.56 Å². The fourth-order valence-electron chi connectivity index (χ4n) is 3.62. The minimum absolute atomic E-state index is 0.00883. The molecular weight excluding hydrogens is 404 g/mol. The summed E-state index contributed by atoms with van der Waals surface area (Å²) < 4.78 is 0. The van der Waals surface area contributed by atoms with E-state index >= 15 is 0 Å². The molecule has 0 radical (unpaired) electrons. The second kappa shape index (κ2) is 8.29. The van der Waals surface area contributed by atoms with Crippen LogP contribution in [0, 0.1) is 0 Å². The molecule has 2 aromatic rings. The lowest BCUT2D eigenvalue weighted by Crippen LogP contribution is -2.71. The zero-order chi connectivity index (χ0) is 21.3. The van der Waals surface area contributed by atoms with Crippen molar-refractivity contribution in [1.29, 1.82) is 0 Å². The summed E-state index contributed by atoms with van der Waals surface area (Å²) in [4.78, 5) is 42.5. The molecule has 2 aliphatic rings. The summed E-state index contributed by atoms with van der Waals surface area (Å²) in [5, 5.41) is 12.0. The number of aromatic nitrogens is 1. The number of hydrogen-bond acceptors (Lipinski definition) is 6. The third-order valence-electron chi connectivity index (χ3n) is 5.13. The minimum atomic E-state index is -1.15. The van der Waals surface area contributed by atoms with Crippen molar-refractivity contribution in [1.82, 2.24) is 15.2 Å². The van der Waals surface area contributed by atoms with Gasteiger partial charge in [-0.15, -0.1) is 11.8 Å². The normalized spacial score (nSPS) is 21.5. The monoisotopic (exact) mass is 424 g/mol. The number of amides is 2. The van der Waals surface area contributed by atoms with E-state index in [4.69, 9.17) is 5.73 Å². The molecular formula is C21H20N4O4S. The molecule has 1 aromatic carbocycles. The van der Waals surface area contributed by atoms with Crippen molar-refractivity contribution < 1.29 is 19.5 Å². The number of benzene rings is 1. The Morgan fingerprint density at radius 1 is 1.27 bits per heavy atom. The maximum Gasteiger partial charge on any atom is 0.352 e. The van der Waals surface area contributed by atoms with E-state index in [1.54, 1.807) is 42.7 Å². The number of β-lactam (4-membered cyclic amide) rings is 1. The number of carboxylic acid groups (broad SMARTS) is 1. The van der Waals surface area contributed by atoms with Gasteiger partial charge in [-0.25, -0.2) is 4.79 Å². The third-order valence-corrected chi connectivity index (χ3v) is 6.47. The first-order valence-electron chi connectivity index (χ1n) is 9.37. The molecule has 8 nitrogen and oxygen atoms in total. The van der Waals surface area contributed by atoms with Gasteiger partial charge in [0.1, 0.15) is 23.2 Å². The van der Waals surface area contributed by atoms with Crippen LogP contribution in [0.3, 0.4) is 0 Å². The van der Waals surface area contributed by atoms with E-state index in [1.165, 1.54) is 16.7 Å². The Balaban J connectivity index is 1.50. The molecule has 3 heterocycles. The van der Waals surface area contributed by atoms with Gasteiger partial charge in [-0.2, -0.15) is 0 Å². The van der Waals surface area contributed by atoms with Crippen LogP contribution >= 0.6 is 11.8 Å². The highest BCUT2D eigenvalue weighted by Crippen LogP contribution is 2.41. The molecule has 3 atom stereocenters. The summed E-state index contributed by atoms with van der Waals surface area (Å²) >= 11 is 1.43. The van der Waals surface area contributed by atoms with Gasteiger partial charge in [0.2, 0.25) is 5.91 Å². The lowest BCUT2D eigenvalue weighted by Gasteiger charge is -2.49. The molecule has 4 rings (SSSR count). The summed E-state index contributed by atoms with van der Waals surface area (Å²) in [5.41, 5.74) is 8.16. The summed E-state index contributed by atoms with van der Waals surface area (Å²) in [6.07, 6.45) is 3.72. The van der Waals surface area contributed by atoms with Crippen LogP contribution < -0.4 is 11.1 Å². The molecule has 4 N–H and O–H groups in total. The van der Waals surface area contributed by atoms with Gasteiger partial charge in [0.25, 0.3) is 5.91 Å². The molecule has 0 spiro atoms. The highest BCUT2D eigenvalue weighted by atomic mass is 32.2. The molecule has 0 saturated carbocycles. The van der Waals surface area contributed by atoms with Crippen molar-refractivity contribution in [2.24, 2.45) is 5.73 Å². The molecule has 0 bridgehead atoms. The molecule has 2 amide bonds. The summed E-state index contributed by atoms with van der Waals surface area (Å²) in [6.45, 7) is 0. The number of pyridine rings is 1. The number of nitrogens with two attached hydrogens (primary N) is 1. The van der Waals surface area contributed by atoms with Gasteiger partial charge in [0, 0.05) is 18.1 Å². The number of rotatable bonds is 6. The number of carbonyl (C=O) groups excluding carboxylic acids is 2. The number of fused-ring (bicyclic) bond motifs is 1. The third kappa shape index (κ3) is 3.69. The number of aliphatic carboxylic acids is 1. The van der Waals surface area contributed by atoms with Crippen LogP contribution in [-0.4, -0.2) is 49.9 Å². The number of carbonyl (C=O) groups is 3. The van der Waals surface area contributed by atoms with Crippen LogP contribution in [0.5, 0.6) is 0 Å². The van der Waals surface area contributed by atoms with Gasteiger partial charge in [0.15, 0.2) is 0 Å². The first-order valence-corrected chi connectivity index (χ1v) is 10.4. The van der Waals surface area contributed by atoms with E-state index in [1.807, 2.05) is 12.1 Å². The highest BCUT2D eigenvalue weighted by molar-refractivity contribution is 8.00. The number of thioether (sulfide) groups is 1. The zero-order valence-electron chi connectivity index (χ0n) is 15.9. The van der Waals surface area contributed by atoms with Crippen LogP contribution in [0.2, 0.25) is 0 Å². The Hall–Kier alpha value is -3.17. The van der Waals surface area contributed by atoms with Gasteiger partial charge in [-0.1, -0.05) is 36.4 Å². The lowest BCUT2D eigenvalue weighted by molar-refractivity contribution is -0.150. The average molecular weight is 424 g/mol. The van der Waals surface area contributed by atoms with E-state index in [9.17, 15) is 19.5 Å². The van der Waals surface area contributed by atoms with Crippen LogP contribution in [-0.2, 0) is 20.8 Å². The SMILES string of the molecule is N[C@@H](C(=O)N[C@@H]1C(=O)N2C(C(=O)O)=C(Cc3cccnc3)CS[C@H]12)c1ccccc1. The number of hydrogen-bond donors (Lipinski definition) is 3. The maximum atomic E-state index is 12.8. The molecule has 1 fully saturated rings. The van der Waals surface area contributed by atoms with Gasteiger partial charge < -0.3 is 16.2 Å². The Bertz CT molecular complexity index is 1010. The summed E-state index contributed by atoms with van der Waals surface area (Å²) in [7, 11) is 0. The summed E-state index contributed by atoms with van der Waals surface area (Å²) in [5.74, 6) is -1.62.